The first-order valence-electron chi connectivity index (χ1n) is 4.69. The van der Waals surface area contributed by atoms with E-state index >= 15 is 0 Å². The molecular weight excluding hydrogens is 222 g/mol. The van der Waals surface area contributed by atoms with Gasteiger partial charge in [0.2, 0.25) is 5.95 Å². The van der Waals surface area contributed by atoms with Gasteiger partial charge in [0.05, 0.1) is 0 Å². The fourth-order valence-electron chi connectivity index (χ4n) is 1.27. The molecule has 3 aromatic heterocycles. The number of nitrogen functional groups attached to an aromatic ring is 1. The van der Waals surface area contributed by atoms with E-state index < -0.39 is 0 Å². The molecule has 84 valence electrons. The highest BCUT2D eigenvalue weighted by Gasteiger charge is 2.08. The van der Waals surface area contributed by atoms with E-state index in [1.54, 1.807) is 18.5 Å². The molecule has 0 aliphatic heterocycles. The molecule has 2 N–H and O–H groups in total. The Balaban J connectivity index is 2.13. The van der Waals surface area contributed by atoms with E-state index in [-0.39, 0.29) is 5.95 Å². The number of aromatic nitrogens is 8. The van der Waals surface area contributed by atoms with Gasteiger partial charge in [0.1, 0.15) is 12.7 Å². The van der Waals surface area contributed by atoms with Crippen LogP contribution in [0.1, 0.15) is 0 Å². The summed E-state index contributed by atoms with van der Waals surface area (Å²) in [5.74, 6) is 0.713. The second-order valence-electron chi connectivity index (χ2n) is 3.08. The van der Waals surface area contributed by atoms with Crippen LogP contribution in [0.2, 0.25) is 0 Å². The van der Waals surface area contributed by atoms with Gasteiger partial charge in [-0.1, -0.05) is 0 Å². The van der Waals surface area contributed by atoms with Gasteiger partial charge in [-0.05, 0) is 6.07 Å². The van der Waals surface area contributed by atoms with Gasteiger partial charge < -0.3 is 5.73 Å². The molecule has 0 saturated heterocycles. The Kier molecular flexibility index (Phi) is 2.00. The molecule has 3 heterocycles. The largest absolute Gasteiger partial charge is 0.368 e. The van der Waals surface area contributed by atoms with Crippen LogP contribution in [0, 0.1) is 0 Å². The van der Waals surface area contributed by atoms with Crippen molar-refractivity contribution in [1.29, 1.82) is 0 Å². The summed E-state index contributed by atoms with van der Waals surface area (Å²) in [6, 6.07) is 1.76. The smallest absolute Gasteiger partial charge is 0.258 e. The maximum Gasteiger partial charge on any atom is 0.258 e. The first-order chi connectivity index (χ1) is 8.33. The van der Waals surface area contributed by atoms with Crippen molar-refractivity contribution in [3.8, 4) is 11.9 Å². The second kappa shape index (κ2) is 3.63. The van der Waals surface area contributed by atoms with Gasteiger partial charge in [-0.3, -0.25) is 0 Å². The van der Waals surface area contributed by atoms with Gasteiger partial charge in [-0.15, -0.1) is 0 Å². The minimum absolute atomic E-state index is 0.0935. The molecule has 0 bridgehead atoms. The standard InChI is InChI=1S/C8H7N9/c9-6-13-7(16-3-1-2-11-16)15-8(14-6)17-5-10-4-12-17/h1-5H,(H2,9,13,14,15). The first-order valence-corrected chi connectivity index (χ1v) is 4.69. The highest BCUT2D eigenvalue weighted by molar-refractivity contribution is 5.27. The van der Waals surface area contributed by atoms with Crippen molar-refractivity contribution in [2.24, 2.45) is 0 Å². The zero-order chi connectivity index (χ0) is 11.7. The van der Waals surface area contributed by atoms with Crippen molar-refractivity contribution in [2.75, 3.05) is 5.73 Å². The molecular formula is C8H7N9. The molecule has 9 heteroatoms. The van der Waals surface area contributed by atoms with Crippen LogP contribution < -0.4 is 5.73 Å². The van der Waals surface area contributed by atoms with Crippen molar-refractivity contribution >= 4 is 5.95 Å². The number of anilines is 1. The summed E-state index contributed by atoms with van der Waals surface area (Å²) in [5, 5.41) is 7.93. The molecule has 0 radical (unpaired) electrons. The lowest BCUT2D eigenvalue weighted by Gasteiger charge is -2.03. The molecule has 9 nitrogen and oxygen atoms in total. The molecule has 0 aliphatic carbocycles. The van der Waals surface area contributed by atoms with Gasteiger partial charge in [0, 0.05) is 12.4 Å². The monoisotopic (exact) mass is 229 g/mol. The van der Waals surface area contributed by atoms with E-state index in [2.05, 4.69) is 30.1 Å². The Hall–Kier alpha value is -2.84. The average Bonchev–Trinajstić information content (AvgIpc) is 3.02. The van der Waals surface area contributed by atoms with Crippen molar-refractivity contribution in [1.82, 2.24) is 39.5 Å². The number of rotatable bonds is 2. The van der Waals surface area contributed by atoms with Crippen LogP contribution in [0.3, 0.4) is 0 Å². The minimum atomic E-state index is 0.0935. The molecule has 0 atom stereocenters. The van der Waals surface area contributed by atoms with E-state index in [9.17, 15) is 0 Å². The minimum Gasteiger partial charge on any atom is -0.368 e. The van der Waals surface area contributed by atoms with E-state index in [0.717, 1.165) is 0 Å². The molecule has 0 amide bonds. The molecule has 0 fully saturated rings. The Morgan fingerprint density at radius 2 is 1.82 bits per heavy atom. The van der Waals surface area contributed by atoms with Crippen molar-refractivity contribution < 1.29 is 0 Å². The van der Waals surface area contributed by atoms with Crippen LogP contribution in [0.25, 0.3) is 11.9 Å². The van der Waals surface area contributed by atoms with Crippen LogP contribution in [-0.2, 0) is 0 Å². The molecule has 0 unspecified atom stereocenters. The van der Waals surface area contributed by atoms with Crippen molar-refractivity contribution in [2.45, 2.75) is 0 Å². The third-order valence-electron chi connectivity index (χ3n) is 1.96. The van der Waals surface area contributed by atoms with Gasteiger partial charge in [-0.25, -0.2) is 9.67 Å². The lowest BCUT2D eigenvalue weighted by molar-refractivity contribution is 0.748. The summed E-state index contributed by atoms with van der Waals surface area (Å²) in [4.78, 5) is 15.9. The lowest BCUT2D eigenvalue weighted by atomic mass is 10.7. The fraction of sp³-hybridized carbons (Fsp3) is 0. The Morgan fingerprint density at radius 3 is 2.47 bits per heavy atom. The summed E-state index contributed by atoms with van der Waals surface area (Å²) < 4.78 is 2.88. The maximum atomic E-state index is 5.61. The topological polar surface area (TPSA) is 113 Å². The first kappa shape index (κ1) is 9.39. The van der Waals surface area contributed by atoms with E-state index in [1.165, 1.54) is 22.0 Å². The third kappa shape index (κ3) is 1.69. The Morgan fingerprint density at radius 1 is 1.00 bits per heavy atom. The van der Waals surface area contributed by atoms with Crippen LogP contribution in [-0.4, -0.2) is 39.5 Å². The van der Waals surface area contributed by atoms with Gasteiger partial charge in [-0.2, -0.15) is 29.8 Å². The SMILES string of the molecule is Nc1nc(-n2cccn2)nc(-n2cncn2)n1. The maximum absolute atomic E-state index is 5.61. The summed E-state index contributed by atoms with van der Waals surface area (Å²) in [6.45, 7) is 0. The number of nitrogens with two attached hydrogens (primary N) is 1. The molecule has 0 spiro atoms. The van der Waals surface area contributed by atoms with Crippen LogP contribution >= 0.6 is 0 Å². The quantitative estimate of drug-likeness (QED) is 0.613. The second-order valence-corrected chi connectivity index (χ2v) is 3.08. The van der Waals surface area contributed by atoms with Crippen LogP contribution in [0.4, 0.5) is 5.95 Å². The molecule has 0 aromatic carbocycles. The van der Waals surface area contributed by atoms with Gasteiger partial charge in [0.25, 0.3) is 11.9 Å². The highest BCUT2D eigenvalue weighted by Crippen LogP contribution is 2.04. The summed E-state index contributed by atoms with van der Waals surface area (Å²) in [6.07, 6.45) is 6.18. The molecule has 3 aromatic rings. The highest BCUT2D eigenvalue weighted by atomic mass is 15.4. The van der Waals surface area contributed by atoms with E-state index in [1.807, 2.05) is 0 Å². The number of nitrogens with zero attached hydrogens (tertiary/aromatic N) is 8. The molecule has 3 rings (SSSR count). The number of hydrogen-bond donors (Lipinski definition) is 1. The zero-order valence-electron chi connectivity index (χ0n) is 8.54. The van der Waals surface area contributed by atoms with Crippen molar-refractivity contribution in [3.05, 3.63) is 31.1 Å². The Labute approximate surface area is 95.0 Å². The molecule has 0 aliphatic rings. The summed E-state index contributed by atoms with van der Waals surface area (Å²) in [5.41, 5.74) is 5.61. The van der Waals surface area contributed by atoms with Crippen LogP contribution in [0.5, 0.6) is 0 Å². The zero-order valence-corrected chi connectivity index (χ0v) is 8.54. The van der Waals surface area contributed by atoms with Crippen molar-refractivity contribution in [3.63, 3.8) is 0 Å². The normalized spacial score (nSPS) is 10.6. The Bertz CT molecular complexity index is 560. The average molecular weight is 229 g/mol. The van der Waals surface area contributed by atoms with E-state index in [0.29, 0.717) is 11.9 Å². The predicted octanol–water partition coefficient (Wildman–Crippen LogP) is -0.780. The summed E-state index contributed by atoms with van der Waals surface area (Å²) in [7, 11) is 0. The fourth-order valence-corrected chi connectivity index (χ4v) is 1.27. The lowest BCUT2D eigenvalue weighted by Crippen LogP contribution is -2.11. The van der Waals surface area contributed by atoms with Gasteiger partial charge in [0.15, 0.2) is 0 Å². The molecule has 0 saturated carbocycles. The van der Waals surface area contributed by atoms with Crippen LogP contribution in [0.15, 0.2) is 31.1 Å². The van der Waals surface area contributed by atoms with E-state index in [4.69, 9.17) is 5.73 Å². The number of hydrogen-bond acceptors (Lipinski definition) is 7. The predicted molar refractivity (Wildman–Crippen MR) is 56.3 cm³/mol. The molecule has 17 heavy (non-hydrogen) atoms. The van der Waals surface area contributed by atoms with Gasteiger partial charge >= 0.3 is 0 Å². The third-order valence-corrected chi connectivity index (χ3v) is 1.96. The summed E-state index contributed by atoms with van der Waals surface area (Å²) >= 11 is 0.